The van der Waals surface area contributed by atoms with Gasteiger partial charge in [-0.2, -0.15) is 23.4 Å². The maximum absolute atomic E-state index is 12.8. The first-order chi connectivity index (χ1) is 8.29. The van der Waals surface area contributed by atoms with E-state index in [0.717, 1.165) is 10.2 Å². The van der Waals surface area contributed by atoms with Gasteiger partial charge in [-0.3, -0.25) is 9.36 Å². The number of nitrogens with zero attached hydrogens (tertiary/aromatic N) is 4. The average molecular weight is 279 g/mol. The lowest BCUT2D eigenvalue weighted by atomic mass is 10.2. The Morgan fingerprint density at radius 1 is 1.39 bits per heavy atom. The minimum Gasteiger partial charge on any atom is -0.268 e. The number of rotatable bonds is 2. The quantitative estimate of drug-likeness (QED) is 0.847. The fourth-order valence-corrected chi connectivity index (χ4v) is 1.82. The molecule has 0 bridgehead atoms. The van der Waals surface area contributed by atoms with Crippen molar-refractivity contribution < 1.29 is 13.2 Å². The zero-order valence-corrected chi connectivity index (χ0v) is 10.4. The van der Waals surface area contributed by atoms with E-state index in [-0.39, 0.29) is 17.3 Å². The third kappa shape index (κ3) is 2.35. The van der Waals surface area contributed by atoms with Gasteiger partial charge in [-0.1, -0.05) is 11.6 Å². The smallest absolute Gasteiger partial charge is 0.268 e. The van der Waals surface area contributed by atoms with Crippen LogP contribution < -0.4 is 0 Å². The summed E-state index contributed by atoms with van der Waals surface area (Å²) in [5.41, 5.74) is -0.179. The summed E-state index contributed by atoms with van der Waals surface area (Å²) in [6, 6.07) is 0. The molecule has 98 valence electrons. The molecule has 0 radical (unpaired) electrons. The third-order valence-corrected chi connectivity index (χ3v) is 2.89. The van der Waals surface area contributed by atoms with Crippen LogP contribution in [-0.4, -0.2) is 19.6 Å². The summed E-state index contributed by atoms with van der Waals surface area (Å²) in [5.74, 6) is 0. The minimum absolute atomic E-state index is 0.0320. The van der Waals surface area contributed by atoms with Gasteiger partial charge in [-0.25, -0.2) is 0 Å². The number of hydrogen-bond donors (Lipinski definition) is 0. The van der Waals surface area contributed by atoms with Gasteiger partial charge in [-0.05, 0) is 12.5 Å². The van der Waals surface area contributed by atoms with Gasteiger partial charge < -0.3 is 0 Å². The molecule has 0 N–H and O–H groups in total. The summed E-state index contributed by atoms with van der Waals surface area (Å²) in [4.78, 5) is 0. The summed E-state index contributed by atoms with van der Waals surface area (Å²) in [7, 11) is 1.37. The van der Waals surface area contributed by atoms with Gasteiger partial charge in [0, 0.05) is 18.8 Å². The van der Waals surface area contributed by atoms with Crippen LogP contribution in [0.2, 0.25) is 5.15 Å². The van der Waals surface area contributed by atoms with Crippen LogP contribution in [0.3, 0.4) is 0 Å². The highest BCUT2D eigenvalue weighted by Gasteiger charge is 2.38. The molecule has 0 aliphatic carbocycles. The Morgan fingerprint density at radius 2 is 2.06 bits per heavy atom. The molecule has 0 amide bonds. The number of alkyl halides is 3. The molecular formula is C10H10ClF3N4. The summed E-state index contributed by atoms with van der Waals surface area (Å²) < 4.78 is 40.8. The van der Waals surface area contributed by atoms with Crippen molar-refractivity contribution in [3.8, 4) is 0 Å². The molecule has 4 nitrogen and oxygen atoms in total. The van der Waals surface area contributed by atoms with E-state index in [1.54, 1.807) is 19.3 Å². The van der Waals surface area contributed by atoms with Crippen LogP contribution in [0.15, 0.2) is 12.4 Å². The lowest BCUT2D eigenvalue weighted by Crippen LogP contribution is -2.11. The van der Waals surface area contributed by atoms with E-state index in [0.29, 0.717) is 0 Å². The van der Waals surface area contributed by atoms with Crippen LogP contribution in [0.5, 0.6) is 0 Å². The Kier molecular flexibility index (Phi) is 3.10. The first-order valence-corrected chi connectivity index (χ1v) is 5.44. The van der Waals surface area contributed by atoms with E-state index in [1.165, 1.54) is 11.7 Å². The predicted octanol–water partition coefficient (Wildman–Crippen LogP) is 2.65. The second-order valence-electron chi connectivity index (χ2n) is 3.95. The van der Waals surface area contributed by atoms with E-state index < -0.39 is 11.9 Å². The van der Waals surface area contributed by atoms with Crippen LogP contribution in [0.25, 0.3) is 0 Å². The van der Waals surface area contributed by atoms with Crippen LogP contribution in [0.1, 0.15) is 16.8 Å². The number of aryl methyl sites for hydroxylation is 2. The molecule has 2 aromatic rings. The molecule has 0 spiro atoms. The monoisotopic (exact) mass is 278 g/mol. The molecule has 0 aliphatic heterocycles. The predicted molar refractivity (Wildman–Crippen MR) is 59.3 cm³/mol. The van der Waals surface area contributed by atoms with Crippen LogP contribution in [0.4, 0.5) is 13.2 Å². The van der Waals surface area contributed by atoms with Gasteiger partial charge in [-0.15, -0.1) is 0 Å². The maximum Gasteiger partial charge on any atom is 0.435 e. The van der Waals surface area contributed by atoms with Gasteiger partial charge in [0.1, 0.15) is 5.15 Å². The van der Waals surface area contributed by atoms with Crippen LogP contribution in [-0.2, 0) is 19.8 Å². The molecule has 0 saturated carbocycles. The molecule has 8 heteroatoms. The van der Waals surface area contributed by atoms with Crippen molar-refractivity contribution in [3.63, 3.8) is 0 Å². The summed E-state index contributed by atoms with van der Waals surface area (Å²) in [6.07, 6.45) is -1.32. The van der Waals surface area contributed by atoms with Crippen molar-refractivity contribution in [2.45, 2.75) is 19.6 Å². The second-order valence-corrected chi connectivity index (χ2v) is 4.31. The third-order valence-electron chi connectivity index (χ3n) is 2.42. The zero-order valence-electron chi connectivity index (χ0n) is 9.66. The summed E-state index contributed by atoms with van der Waals surface area (Å²) >= 11 is 5.84. The first kappa shape index (κ1) is 12.9. The highest BCUT2D eigenvalue weighted by atomic mass is 35.5. The molecule has 0 unspecified atom stereocenters. The van der Waals surface area contributed by atoms with Crippen molar-refractivity contribution in [2.24, 2.45) is 7.05 Å². The molecule has 2 heterocycles. The molecule has 0 atom stereocenters. The van der Waals surface area contributed by atoms with Crippen LogP contribution in [0, 0.1) is 6.92 Å². The molecule has 0 fully saturated rings. The lowest BCUT2D eigenvalue weighted by molar-refractivity contribution is -0.142. The Morgan fingerprint density at radius 3 is 2.56 bits per heavy atom. The molecule has 0 saturated heterocycles. The normalized spacial score (nSPS) is 12.1. The molecule has 2 rings (SSSR count). The lowest BCUT2D eigenvalue weighted by Gasteiger charge is -2.06. The average Bonchev–Trinajstić information content (AvgIpc) is 2.76. The Balaban J connectivity index is 2.43. The van der Waals surface area contributed by atoms with E-state index in [2.05, 4.69) is 10.2 Å². The molecular weight excluding hydrogens is 269 g/mol. The van der Waals surface area contributed by atoms with E-state index in [1.807, 2.05) is 0 Å². The van der Waals surface area contributed by atoms with Crippen LogP contribution >= 0.6 is 11.6 Å². The van der Waals surface area contributed by atoms with Gasteiger partial charge in [0.15, 0.2) is 5.69 Å². The summed E-state index contributed by atoms with van der Waals surface area (Å²) in [6.45, 7) is 1.74. The first-order valence-electron chi connectivity index (χ1n) is 5.06. The van der Waals surface area contributed by atoms with Crippen molar-refractivity contribution in [1.29, 1.82) is 0 Å². The van der Waals surface area contributed by atoms with Gasteiger partial charge in [0.05, 0.1) is 12.7 Å². The molecule has 18 heavy (non-hydrogen) atoms. The maximum atomic E-state index is 12.8. The highest BCUT2D eigenvalue weighted by Crippen LogP contribution is 2.34. The van der Waals surface area contributed by atoms with Crippen molar-refractivity contribution in [1.82, 2.24) is 19.6 Å². The standard InChI is InChI=1S/C10H10ClF3N4/c1-6-3-15-18(4-6)5-7-8(10(12,13)14)16-17(2)9(7)11/h3-4H,5H2,1-2H3. The molecule has 0 aromatic carbocycles. The number of aromatic nitrogens is 4. The minimum atomic E-state index is -4.53. The summed E-state index contributed by atoms with van der Waals surface area (Å²) in [5, 5.41) is 7.31. The fraction of sp³-hybridized carbons (Fsp3) is 0.400. The zero-order chi connectivity index (χ0) is 13.5. The Bertz CT molecular complexity index is 570. The second kappa shape index (κ2) is 4.31. The van der Waals surface area contributed by atoms with Gasteiger partial charge in [0.25, 0.3) is 0 Å². The molecule has 0 aliphatic rings. The highest BCUT2D eigenvalue weighted by molar-refractivity contribution is 6.30. The largest absolute Gasteiger partial charge is 0.435 e. The topological polar surface area (TPSA) is 35.6 Å². The van der Waals surface area contributed by atoms with Crippen molar-refractivity contribution in [2.75, 3.05) is 0 Å². The van der Waals surface area contributed by atoms with E-state index >= 15 is 0 Å². The number of halogens is 4. The van der Waals surface area contributed by atoms with Crippen molar-refractivity contribution >= 4 is 11.6 Å². The van der Waals surface area contributed by atoms with Crippen molar-refractivity contribution in [3.05, 3.63) is 34.4 Å². The Hall–Kier alpha value is -1.50. The fourth-order valence-electron chi connectivity index (χ4n) is 1.63. The number of hydrogen-bond acceptors (Lipinski definition) is 2. The SMILES string of the molecule is Cc1cnn(Cc2c(C(F)(F)F)nn(C)c2Cl)c1. The van der Waals surface area contributed by atoms with E-state index in [9.17, 15) is 13.2 Å². The van der Waals surface area contributed by atoms with E-state index in [4.69, 9.17) is 11.6 Å². The Labute approximate surface area is 106 Å². The van der Waals surface area contributed by atoms with Gasteiger partial charge in [0.2, 0.25) is 0 Å². The van der Waals surface area contributed by atoms with Gasteiger partial charge >= 0.3 is 6.18 Å². The molecule has 2 aromatic heterocycles.